The summed E-state index contributed by atoms with van der Waals surface area (Å²) in [7, 11) is 1.65. The van der Waals surface area contributed by atoms with Crippen molar-refractivity contribution in [3.8, 4) is 5.75 Å². The minimum atomic E-state index is -0.0375. The van der Waals surface area contributed by atoms with Crippen molar-refractivity contribution in [1.29, 1.82) is 0 Å². The smallest absolute Gasteiger partial charge is 0.290 e. The van der Waals surface area contributed by atoms with Gasteiger partial charge >= 0.3 is 0 Å². The highest BCUT2D eigenvalue weighted by molar-refractivity contribution is 5.96. The third-order valence-corrected chi connectivity index (χ3v) is 4.65. The average molecular weight is 321 g/mol. The Morgan fingerprint density at radius 1 is 1.17 bits per heavy atom. The fourth-order valence-corrected chi connectivity index (χ4v) is 3.41. The van der Waals surface area contributed by atoms with E-state index in [1.807, 2.05) is 59.5 Å². The Bertz CT molecular complexity index is 833. The number of furan rings is 1. The molecule has 4 nitrogen and oxygen atoms in total. The zero-order valence-electron chi connectivity index (χ0n) is 13.6. The first kappa shape index (κ1) is 14.8. The van der Waals surface area contributed by atoms with Crippen molar-refractivity contribution in [2.75, 3.05) is 13.7 Å². The highest BCUT2D eigenvalue weighted by atomic mass is 16.5. The van der Waals surface area contributed by atoms with Crippen LogP contribution in [0, 0.1) is 0 Å². The lowest BCUT2D eigenvalue weighted by molar-refractivity contribution is 0.0705. The molecule has 0 spiro atoms. The molecule has 2 aromatic carbocycles. The van der Waals surface area contributed by atoms with E-state index in [1.54, 1.807) is 7.11 Å². The van der Waals surface area contributed by atoms with Crippen molar-refractivity contribution in [3.05, 3.63) is 65.9 Å². The van der Waals surface area contributed by atoms with Gasteiger partial charge in [0.25, 0.3) is 5.91 Å². The Balaban J connectivity index is 1.62. The predicted molar refractivity (Wildman–Crippen MR) is 92.2 cm³/mol. The minimum absolute atomic E-state index is 0.0375. The number of benzene rings is 2. The molecule has 1 aliphatic rings. The van der Waals surface area contributed by atoms with Gasteiger partial charge in [-0.3, -0.25) is 4.79 Å². The maximum Gasteiger partial charge on any atom is 0.290 e. The molecule has 1 amide bonds. The summed E-state index contributed by atoms with van der Waals surface area (Å²) in [6.07, 6.45) is 1.97. The second kappa shape index (κ2) is 6.04. The molecule has 0 saturated carbocycles. The third-order valence-electron chi connectivity index (χ3n) is 4.65. The Labute approximate surface area is 140 Å². The summed E-state index contributed by atoms with van der Waals surface area (Å²) in [5.74, 6) is 1.20. The highest BCUT2D eigenvalue weighted by Crippen LogP contribution is 2.34. The van der Waals surface area contributed by atoms with Gasteiger partial charge in [-0.2, -0.15) is 0 Å². The van der Waals surface area contributed by atoms with E-state index in [2.05, 4.69) is 0 Å². The van der Waals surface area contributed by atoms with Gasteiger partial charge in [0.15, 0.2) is 5.76 Å². The minimum Gasteiger partial charge on any atom is -0.497 e. The van der Waals surface area contributed by atoms with Crippen molar-refractivity contribution < 1.29 is 13.9 Å². The zero-order chi connectivity index (χ0) is 16.5. The summed E-state index contributed by atoms with van der Waals surface area (Å²) in [6, 6.07) is 17.6. The van der Waals surface area contributed by atoms with E-state index < -0.39 is 0 Å². The second-order valence-electron chi connectivity index (χ2n) is 6.08. The van der Waals surface area contributed by atoms with Crippen LogP contribution in [0.2, 0.25) is 0 Å². The molecular weight excluding hydrogens is 302 g/mol. The van der Waals surface area contributed by atoms with Gasteiger partial charge in [0.1, 0.15) is 11.3 Å². The number of carbonyl (C=O) groups excluding carboxylic acids is 1. The molecule has 4 rings (SSSR count). The van der Waals surface area contributed by atoms with Crippen LogP contribution in [0.3, 0.4) is 0 Å². The van der Waals surface area contributed by atoms with Crippen LogP contribution < -0.4 is 4.74 Å². The molecule has 4 heteroatoms. The van der Waals surface area contributed by atoms with Gasteiger partial charge in [-0.15, -0.1) is 0 Å². The number of amides is 1. The quantitative estimate of drug-likeness (QED) is 0.717. The van der Waals surface area contributed by atoms with E-state index in [-0.39, 0.29) is 11.9 Å². The summed E-state index contributed by atoms with van der Waals surface area (Å²) in [6.45, 7) is 0.757. The Kier molecular flexibility index (Phi) is 3.73. The Morgan fingerprint density at radius 2 is 1.96 bits per heavy atom. The summed E-state index contributed by atoms with van der Waals surface area (Å²) >= 11 is 0. The Hall–Kier alpha value is -2.75. The van der Waals surface area contributed by atoms with Crippen LogP contribution in [0.4, 0.5) is 0 Å². The molecule has 1 unspecified atom stereocenters. The van der Waals surface area contributed by atoms with E-state index >= 15 is 0 Å². The number of hydrogen-bond donors (Lipinski definition) is 0. The molecule has 0 aliphatic carbocycles. The molecule has 0 bridgehead atoms. The number of para-hydroxylation sites is 1. The van der Waals surface area contributed by atoms with Gasteiger partial charge in [-0.1, -0.05) is 30.3 Å². The summed E-state index contributed by atoms with van der Waals surface area (Å²) in [5.41, 5.74) is 1.89. The summed E-state index contributed by atoms with van der Waals surface area (Å²) in [5, 5.41) is 0.959. The van der Waals surface area contributed by atoms with E-state index in [0.29, 0.717) is 5.76 Å². The summed E-state index contributed by atoms with van der Waals surface area (Å²) in [4.78, 5) is 14.8. The molecule has 1 saturated heterocycles. The highest BCUT2D eigenvalue weighted by Gasteiger charge is 2.32. The lowest BCUT2D eigenvalue weighted by Crippen LogP contribution is -2.30. The van der Waals surface area contributed by atoms with Gasteiger partial charge in [-0.05, 0) is 42.7 Å². The molecule has 122 valence electrons. The first-order chi connectivity index (χ1) is 11.8. The van der Waals surface area contributed by atoms with Crippen LogP contribution in [0.15, 0.2) is 59.0 Å². The van der Waals surface area contributed by atoms with Gasteiger partial charge in [-0.25, -0.2) is 0 Å². The average Bonchev–Trinajstić information content (AvgIpc) is 3.28. The number of likely N-dealkylation sites (tertiary alicyclic amines) is 1. The van der Waals surface area contributed by atoms with E-state index in [0.717, 1.165) is 41.7 Å². The molecule has 3 aromatic rings. The number of rotatable bonds is 3. The van der Waals surface area contributed by atoms with E-state index in [9.17, 15) is 4.79 Å². The second-order valence-corrected chi connectivity index (χ2v) is 6.08. The monoisotopic (exact) mass is 321 g/mol. The number of nitrogens with zero attached hydrogens (tertiary/aromatic N) is 1. The van der Waals surface area contributed by atoms with Crippen molar-refractivity contribution in [1.82, 2.24) is 4.90 Å². The molecule has 1 fully saturated rings. The van der Waals surface area contributed by atoms with Crippen LogP contribution in [-0.4, -0.2) is 24.5 Å². The van der Waals surface area contributed by atoms with Crippen LogP contribution in [0.5, 0.6) is 5.75 Å². The fraction of sp³-hybridized carbons (Fsp3) is 0.250. The van der Waals surface area contributed by atoms with E-state index in [4.69, 9.17) is 9.15 Å². The first-order valence-electron chi connectivity index (χ1n) is 8.20. The molecule has 0 N–H and O–H groups in total. The van der Waals surface area contributed by atoms with Crippen molar-refractivity contribution in [2.24, 2.45) is 0 Å². The van der Waals surface area contributed by atoms with Gasteiger partial charge in [0.05, 0.1) is 13.2 Å². The molecule has 1 aliphatic heterocycles. The van der Waals surface area contributed by atoms with Crippen LogP contribution in [0.25, 0.3) is 11.0 Å². The maximum atomic E-state index is 12.9. The van der Waals surface area contributed by atoms with Gasteiger partial charge < -0.3 is 14.1 Å². The molecule has 1 aromatic heterocycles. The largest absolute Gasteiger partial charge is 0.497 e. The number of hydrogen-bond acceptors (Lipinski definition) is 3. The number of fused-ring (bicyclic) bond motifs is 1. The van der Waals surface area contributed by atoms with Gasteiger partial charge in [0, 0.05) is 11.9 Å². The van der Waals surface area contributed by atoms with Crippen molar-refractivity contribution in [2.45, 2.75) is 18.9 Å². The molecular formula is C20H19NO3. The predicted octanol–water partition coefficient (Wildman–Crippen LogP) is 4.42. The van der Waals surface area contributed by atoms with Crippen LogP contribution in [-0.2, 0) is 0 Å². The lowest BCUT2D eigenvalue weighted by Gasteiger charge is -2.24. The summed E-state index contributed by atoms with van der Waals surface area (Å²) < 4.78 is 11.0. The fourth-order valence-electron chi connectivity index (χ4n) is 3.41. The number of methoxy groups -OCH3 is 1. The normalized spacial score (nSPS) is 17.4. The molecule has 0 radical (unpaired) electrons. The molecule has 1 atom stereocenters. The lowest BCUT2D eigenvalue weighted by atomic mass is 10.0. The standard InChI is InChI=1S/C20H19NO3/c1-23-16-10-8-14(9-11-16)17-6-4-12-21(17)20(22)19-13-15-5-2-3-7-18(15)24-19/h2-3,5,7-11,13,17H,4,6,12H2,1H3. The topological polar surface area (TPSA) is 42.7 Å². The first-order valence-corrected chi connectivity index (χ1v) is 8.20. The Morgan fingerprint density at radius 3 is 2.71 bits per heavy atom. The number of ether oxygens (including phenoxy) is 1. The molecule has 2 heterocycles. The number of carbonyl (C=O) groups is 1. The third kappa shape index (κ3) is 2.54. The zero-order valence-corrected chi connectivity index (χ0v) is 13.6. The molecule has 24 heavy (non-hydrogen) atoms. The van der Waals surface area contributed by atoms with Crippen LogP contribution >= 0.6 is 0 Å². The van der Waals surface area contributed by atoms with Crippen molar-refractivity contribution >= 4 is 16.9 Å². The van der Waals surface area contributed by atoms with E-state index in [1.165, 1.54) is 0 Å². The van der Waals surface area contributed by atoms with Crippen molar-refractivity contribution in [3.63, 3.8) is 0 Å². The maximum absolute atomic E-state index is 12.9. The SMILES string of the molecule is COc1ccc(C2CCCN2C(=O)c2cc3ccccc3o2)cc1. The van der Waals surface area contributed by atoms with Crippen LogP contribution in [0.1, 0.15) is 35.0 Å². The van der Waals surface area contributed by atoms with Gasteiger partial charge in [0.2, 0.25) is 0 Å².